The summed E-state index contributed by atoms with van der Waals surface area (Å²) in [6, 6.07) is 0. The van der Waals surface area contributed by atoms with Crippen LogP contribution in [0.15, 0.2) is 11.1 Å². The van der Waals surface area contributed by atoms with Gasteiger partial charge in [0.15, 0.2) is 0 Å². The minimum Gasteiger partial charge on any atom is -0.466 e. The minimum atomic E-state index is -0.463. The summed E-state index contributed by atoms with van der Waals surface area (Å²) in [5, 5.41) is 0. The summed E-state index contributed by atoms with van der Waals surface area (Å²) in [7, 11) is 2.59. The third-order valence-corrected chi connectivity index (χ3v) is 1.93. The molecule has 0 aromatic rings. The van der Waals surface area contributed by atoms with E-state index in [0.29, 0.717) is 24.0 Å². The predicted octanol–water partition coefficient (Wildman–Crippen LogP) is 1.45. The van der Waals surface area contributed by atoms with Gasteiger partial charge in [0.1, 0.15) is 0 Å². The Balaban J connectivity index is 5.11. The highest BCUT2D eigenvalue weighted by atomic mass is 16.5. The summed E-state index contributed by atoms with van der Waals surface area (Å²) in [4.78, 5) is 22.6. The lowest BCUT2D eigenvalue weighted by Gasteiger charge is -2.08. The molecular formula is C10H16O4. The second-order valence-electron chi connectivity index (χ2n) is 2.65. The largest absolute Gasteiger partial charge is 0.466 e. The second kappa shape index (κ2) is 6.18. The topological polar surface area (TPSA) is 52.6 Å². The Morgan fingerprint density at radius 2 is 1.14 bits per heavy atom. The van der Waals surface area contributed by atoms with Gasteiger partial charge in [-0.25, -0.2) is 9.59 Å². The zero-order chi connectivity index (χ0) is 11.1. The van der Waals surface area contributed by atoms with Crippen molar-refractivity contribution in [2.75, 3.05) is 14.2 Å². The van der Waals surface area contributed by atoms with Crippen LogP contribution in [0.5, 0.6) is 0 Å². The quantitative estimate of drug-likeness (QED) is 0.509. The minimum absolute atomic E-state index is 0.391. The van der Waals surface area contributed by atoms with Gasteiger partial charge in [-0.3, -0.25) is 0 Å². The number of methoxy groups -OCH3 is 2. The van der Waals surface area contributed by atoms with Gasteiger partial charge in [-0.2, -0.15) is 0 Å². The third-order valence-electron chi connectivity index (χ3n) is 1.93. The van der Waals surface area contributed by atoms with Crippen molar-refractivity contribution in [3.8, 4) is 0 Å². The van der Waals surface area contributed by atoms with Crippen LogP contribution in [-0.2, 0) is 19.1 Å². The first-order valence-corrected chi connectivity index (χ1v) is 4.50. The van der Waals surface area contributed by atoms with Crippen LogP contribution in [-0.4, -0.2) is 26.2 Å². The van der Waals surface area contributed by atoms with Crippen molar-refractivity contribution in [2.45, 2.75) is 26.7 Å². The number of hydrogen-bond donors (Lipinski definition) is 0. The summed E-state index contributed by atoms with van der Waals surface area (Å²) in [6.45, 7) is 3.59. The molecule has 80 valence electrons. The molecule has 4 nitrogen and oxygen atoms in total. The van der Waals surface area contributed by atoms with Gasteiger partial charge >= 0.3 is 11.9 Å². The molecule has 4 heteroatoms. The zero-order valence-electron chi connectivity index (χ0n) is 9.05. The van der Waals surface area contributed by atoms with Gasteiger partial charge in [-0.1, -0.05) is 13.8 Å². The molecule has 0 atom stereocenters. The number of ether oxygens (including phenoxy) is 2. The van der Waals surface area contributed by atoms with Crippen LogP contribution in [0, 0.1) is 0 Å². The Kier molecular flexibility index (Phi) is 5.60. The lowest BCUT2D eigenvalue weighted by Crippen LogP contribution is -2.13. The average Bonchev–Trinajstić information content (AvgIpc) is 2.23. The molecule has 0 radical (unpaired) electrons. The normalized spacial score (nSPS) is 11.7. The SMILES string of the molecule is CCC(C(=O)OC)=C(CC)C(=O)OC. The van der Waals surface area contributed by atoms with E-state index in [1.165, 1.54) is 14.2 Å². The van der Waals surface area contributed by atoms with Crippen LogP contribution >= 0.6 is 0 Å². The zero-order valence-corrected chi connectivity index (χ0v) is 9.05. The molecule has 0 fully saturated rings. The number of carbonyl (C=O) groups excluding carboxylic acids is 2. The highest BCUT2D eigenvalue weighted by molar-refractivity contribution is 6.00. The number of hydrogen-bond acceptors (Lipinski definition) is 4. The maximum absolute atomic E-state index is 11.3. The van der Waals surface area contributed by atoms with Gasteiger partial charge in [-0.05, 0) is 12.8 Å². The van der Waals surface area contributed by atoms with Crippen molar-refractivity contribution in [1.29, 1.82) is 0 Å². The van der Waals surface area contributed by atoms with Crippen molar-refractivity contribution in [2.24, 2.45) is 0 Å². The van der Waals surface area contributed by atoms with E-state index in [2.05, 4.69) is 9.47 Å². The first kappa shape index (κ1) is 12.7. The summed E-state index contributed by atoms with van der Waals surface area (Å²) < 4.78 is 9.15. The summed E-state index contributed by atoms with van der Waals surface area (Å²) in [5.41, 5.74) is 0.781. The van der Waals surface area contributed by atoms with Gasteiger partial charge in [0.25, 0.3) is 0 Å². The number of esters is 2. The maximum atomic E-state index is 11.3. The Labute approximate surface area is 83.9 Å². The molecule has 0 N–H and O–H groups in total. The van der Waals surface area contributed by atoms with Gasteiger partial charge < -0.3 is 9.47 Å². The highest BCUT2D eigenvalue weighted by Gasteiger charge is 2.18. The molecule has 14 heavy (non-hydrogen) atoms. The fraction of sp³-hybridized carbons (Fsp3) is 0.600. The van der Waals surface area contributed by atoms with Gasteiger partial charge in [0, 0.05) is 11.1 Å². The molecule has 0 saturated heterocycles. The second-order valence-corrected chi connectivity index (χ2v) is 2.65. The molecule has 0 amide bonds. The molecule has 0 spiro atoms. The van der Waals surface area contributed by atoms with E-state index in [0.717, 1.165) is 0 Å². The van der Waals surface area contributed by atoms with Crippen molar-refractivity contribution in [1.82, 2.24) is 0 Å². The van der Waals surface area contributed by atoms with Crippen LogP contribution in [0.3, 0.4) is 0 Å². The van der Waals surface area contributed by atoms with Crippen LogP contribution in [0.1, 0.15) is 26.7 Å². The Morgan fingerprint density at radius 1 is 0.857 bits per heavy atom. The Morgan fingerprint density at radius 3 is 1.29 bits per heavy atom. The van der Waals surface area contributed by atoms with Gasteiger partial charge in [-0.15, -0.1) is 0 Å². The van der Waals surface area contributed by atoms with Crippen molar-refractivity contribution in [3.05, 3.63) is 11.1 Å². The molecule has 0 saturated carbocycles. The van der Waals surface area contributed by atoms with Gasteiger partial charge in [0.2, 0.25) is 0 Å². The molecule has 0 aromatic heterocycles. The van der Waals surface area contributed by atoms with Crippen LogP contribution < -0.4 is 0 Å². The molecule has 0 heterocycles. The fourth-order valence-corrected chi connectivity index (χ4v) is 1.21. The highest BCUT2D eigenvalue weighted by Crippen LogP contribution is 2.15. The smallest absolute Gasteiger partial charge is 0.334 e. The lowest BCUT2D eigenvalue weighted by atomic mass is 10.0. The summed E-state index contributed by atoms with van der Waals surface area (Å²) in [5.74, 6) is -0.926. The van der Waals surface area contributed by atoms with E-state index in [4.69, 9.17) is 0 Å². The van der Waals surface area contributed by atoms with E-state index in [1.54, 1.807) is 13.8 Å². The maximum Gasteiger partial charge on any atom is 0.334 e. The van der Waals surface area contributed by atoms with E-state index in [1.807, 2.05) is 0 Å². The summed E-state index contributed by atoms with van der Waals surface area (Å²) in [6.07, 6.45) is 0.926. The summed E-state index contributed by atoms with van der Waals surface area (Å²) >= 11 is 0. The first-order chi connectivity index (χ1) is 6.62. The number of rotatable bonds is 4. The third kappa shape index (κ3) is 2.87. The van der Waals surface area contributed by atoms with E-state index in [9.17, 15) is 9.59 Å². The van der Waals surface area contributed by atoms with Crippen LogP contribution in [0.2, 0.25) is 0 Å². The van der Waals surface area contributed by atoms with E-state index in [-0.39, 0.29) is 0 Å². The van der Waals surface area contributed by atoms with Crippen LogP contribution in [0.25, 0.3) is 0 Å². The molecule has 0 unspecified atom stereocenters. The molecule has 0 bridgehead atoms. The standard InChI is InChI=1S/C10H16O4/c1-5-7(9(11)13-3)8(6-2)10(12)14-4/h5-6H2,1-4H3. The van der Waals surface area contributed by atoms with E-state index < -0.39 is 11.9 Å². The first-order valence-electron chi connectivity index (χ1n) is 4.50. The molecule has 0 rings (SSSR count). The predicted molar refractivity (Wildman–Crippen MR) is 51.6 cm³/mol. The number of carbonyl (C=O) groups is 2. The molecular weight excluding hydrogens is 184 g/mol. The van der Waals surface area contributed by atoms with E-state index >= 15 is 0 Å². The monoisotopic (exact) mass is 200 g/mol. The Bertz CT molecular complexity index is 227. The molecule has 0 aliphatic heterocycles. The average molecular weight is 200 g/mol. The lowest BCUT2D eigenvalue weighted by molar-refractivity contribution is -0.139. The van der Waals surface area contributed by atoms with Crippen LogP contribution in [0.4, 0.5) is 0 Å². The van der Waals surface area contributed by atoms with Crippen molar-refractivity contribution >= 4 is 11.9 Å². The van der Waals surface area contributed by atoms with Crippen molar-refractivity contribution < 1.29 is 19.1 Å². The van der Waals surface area contributed by atoms with Crippen molar-refractivity contribution in [3.63, 3.8) is 0 Å². The van der Waals surface area contributed by atoms with Gasteiger partial charge in [0.05, 0.1) is 14.2 Å². The Hall–Kier alpha value is -1.32. The molecule has 0 aliphatic rings. The molecule has 0 aliphatic carbocycles. The fourth-order valence-electron chi connectivity index (χ4n) is 1.21. The molecule has 0 aromatic carbocycles.